The molecule has 0 aliphatic heterocycles. The van der Waals surface area contributed by atoms with Crippen LogP contribution in [0.5, 0.6) is 0 Å². The minimum atomic E-state index is -2.93. The van der Waals surface area contributed by atoms with Crippen LogP contribution >= 0.6 is 23.4 Å². The van der Waals surface area contributed by atoms with Crippen molar-refractivity contribution in [3.8, 4) is 0 Å². The van der Waals surface area contributed by atoms with Crippen molar-refractivity contribution in [2.75, 3.05) is 18.4 Å². The molecule has 56 valence electrons. The summed E-state index contributed by atoms with van der Waals surface area (Å²) >= 11 is 6.61. The summed E-state index contributed by atoms with van der Waals surface area (Å²) in [6.07, 6.45) is 2.92. The van der Waals surface area contributed by atoms with E-state index >= 15 is 0 Å². The Balaban J connectivity index is 4.14. The Labute approximate surface area is 64.9 Å². The van der Waals surface area contributed by atoms with Gasteiger partial charge in [0.1, 0.15) is 4.58 Å². The molecule has 0 N–H and O–H groups in total. The average Bonchev–Trinajstić information content (AvgIpc) is 1.65. The van der Waals surface area contributed by atoms with Gasteiger partial charge in [0.25, 0.3) is 0 Å². The summed E-state index contributed by atoms with van der Waals surface area (Å²) in [5.74, 6) is 0.167. The first-order valence-corrected chi connectivity index (χ1v) is 6.07. The van der Waals surface area contributed by atoms with Crippen LogP contribution in [0.2, 0.25) is 0 Å². The van der Waals surface area contributed by atoms with E-state index in [9.17, 15) is 8.42 Å². The first kappa shape index (κ1) is 9.59. The lowest BCUT2D eigenvalue weighted by Crippen LogP contribution is -2.16. The lowest BCUT2D eigenvalue weighted by Gasteiger charge is -2.05. The highest BCUT2D eigenvalue weighted by Gasteiger charge is 2.16. The van der Waals surface area contributed by atoms with E-state index in [0.29, 0.717) is 0 Å². The molecule has 2 nitrogen and oxygen atoms in total. The van der Waals surface area contributed by atoms with Gasteiger partial charge in [-0.15, -0.1) is 23.4 Å². The molecule has 0 aromatic carbocycles. The summed E-state index contributed by atoms with van der Waals surface area (Å²) in [6, 6.07) is 0. The summed E-state index contributed by atoms with van der Waals surface area (Å²) in [5.41, 5.74) is 0. The molecule has 0 radical (unpaired) electrons. The highest BCUT2D eigenvalue weighted by molar-refractivity contribution is 8.12. The second kappa shape index (κ2) is 3.68. The van der Waals surface area contributed by atoms with Crippen molar-refractivity contribution in [1.82, 2.24) is 0 Å². The van der Waals surface area contributed by atoms with Crippen LogP contribution in [0.3, 0.4) is 0 Å². The van der Waals surface area contributed by atoms with Crippen LogP contribution in [0.1, 0.15) is 0 Å². The molecule has 0 aliphatic rings. The van der Waals surface area contributed by atoms with Crippen LogP contribution in [-0.2, 0) is 9.84 Å². The Kier molecular flexibility index (Phi) is 3.93. The number of alkyl halides is 1. The fourth-order valence-electron chi connectivity index (χ4n) is 0.352. The Hall–Kier alpha value is 0.590. The minimum absolute atomic E-state index is 0.167. The van der Waals surface area contributed by atoms with Crippen LogP contribution in [0.4, 0.5) is 0 Å². The van der Waals surface area contributed by atoms with Crippen molar-refractivity contribution < 1.29 is 8.42 Å². The number of hydrogen-bond acceptors (Lipinski definition) is 3. The van der Waals surface area contributed by atoms with E-state index in [2.05, 4.69) is 0 Å². The highest BCUT2D eigenvalue weighted by Crippen LogP contribution is 2.13. The highest BCUT2D eigenvalue weighted by atomic mass is 35.5. The molecule has 0 aromatic heterocycles. The lowest BCUT2D eigenvalue weighted by atomic mass is 10.9. The van der Waals surface area contributed by atoms with Gasteiger partial charge in [-0.3, -0.25) is 0 Å². The summed E-state index contributed by atoms with van der Waals surface area (Å²) < 4.78 is 20.9. The zero-order valence-corrected chi connectivity index (χ0v) is 7.68. The first-order chi connectivity index (χ1) is 4.02. The second-order valence-corrected chi connectivity index (χ2v) is 5.52. The van der Waals surface area contributed by atoms with Crippen LogP contribution in [0.25, 0.3) is 0 Å². The Morgan fingerprint density at radius 1 is 1.67 bits per heavy atom. The summed E-state index contributed by atoms with van der Waals surface area (Å²) in [5, 5.41) is 0. The molecular formula is C4H9ClO2S2. The van der Waals surface area contributed by atoms with Crippen molar-refractivity contribution in [2.45, 2.75) is 4.58 Å². The van der Waals surface area contributed by atoms with Gasteiger partial charge in [-0.05, 0) is 6.26 Å². The Morgan fingerprint density at radius 3 is 2.11 bits per heavy atom. The van der Waals surface area contributed by atoms with Crippen LogP contribution in [0, 0.1) is 0 Å². The van der Waals surface area contributed by atoms with E-state index in [1.54, 1.807) is 6.26 Å². The number of halogens is 1. The molecule has 1 atom stereocenters. The summed E-state index contributed by atoms with van der Waals surface area (Å²) in [4.78, 5) is 0. The minimum Gasteiger partial charge on any atom is -0.228 e. The van der Waals surface area contributed by atoms with Crippen molar-refractivity contribution in [2.24, 2.45) is 0 Å². The normalized spacial score (nSPS) is 15.4. The quantitative estimate of drug-likeness (QED) is 0.619. The fraction of sp³-hybridized carbons (Fsp3) is 1.00. The molecule has 0 amide bonds. The van der Waals surface area contributed by atoms with Gasteiger partial charge >= 0.3 is 0 Å². The maximum absolute atomic E-state index is 10.7. The largest absolute Gasteiger partial charge is 0.228 e. The first-order valence-electron chi connectivity index (χ1n) is 2.30. The van der Waals surface area contributed by atoms with E-state index in [4.69, 9.17) is 11.6 Å². The summed E-state index contributed by atoms with van der Waals surface area (Å²) in [7, 11) is -2.93. The molecular weight excluding hydrogens is 180 g/mol. The topological polar surface area (TPSA) is 34.1 Å². The average molecular weight is 189 g/mol. The third kappa shape index (κ3) is 3.33. The smallest absolute Gasteiger partial charge is 0.160 e. The number of rotatable bonds is 3. The van der Waals surface area contributed by atoms with E-state index < -0.39 is 14.4 Å². The molecule has 0 rings (SSSR count). The SMILES string of the molecule is CSC(CCl)S(C)(=O)=O. The predicted octanol–water partition coefficient (Wildman–Crippen LogP) is 0.959. The standard InChI is InChI=1S/C4H9ClO2S2/c1-8-4(3-5)9(2,6)7/h4H,3H2,1-2H3. The second-order valence-electron chi connectivity index (χ2n) is 1.65. The van der Waals surface area contributed by atoms with Crippen molar-refractivity contribution in [3.05, 3.63) is 0 Å². The lowest BCUT2D eigenvalue weighted by molar-refractivity contribution is 0.601. The maximum atomic E-state index is 10.7. The van der Waals surface area contributed by atoms with Crippen molar-refractivity contribution in [1.29, 1.82) is 0 Å². The zero-order valence-electron chi connectivity index (χ0n) is 5.30. The van der Waals surface area contributed by atoms with Crippen LogP contribution < -0.4 is 0 Å². The fourth-order valence-corrected chi connectivity index (χ4v) is 3.17. The Bertz CT molecular complexity index is 159. The molecule has 0 heterocycles. The number of thioether (sulfide) groups is 1. The van der Waals surface area contributed by atoms with Gasteiger partial charge in [-0.2, -0.15) is 0 Å². The molecule has 0 saturated carbocycles. The van der Waals surface area contributed by atoms with Gasteiger partial charge in [-0.25, -0.2) is 8.42 Å². The van der Waals surface area contributed by atoms with Gasteiger partial charge < -0.3 is 0 Å². The molecule has 0 spiro atoms. The van der Waals surface area contributed by atoms with E-state index in [0.717, 1.165) is 0 Å². The molecule has 0 saturated heterocycles. The van der Waals surface area contributed by atoms with Gasteiger partial charge in [0.15, 0.2) is 9.84 Å². The molecule has 5 heteroatoms. The van der Waals surface area contributed by atoms with Crippen LogP contribution in [-0.4, -0.2) is 31.4 Å². The van der Waals surface area contributed by atoms with Crippen molar-refractivity contribution >= 4 is 33.2 Å². The molecule has 1 unspecified atom stereocenters. The Morgan fingerprint density at radius 2 is 2.11 bits per heavy atom. The monoisotopic (exact) mass is 188 g/mol. The molecule has 0 fully saturated rings. The molecule has 9 heavy (non-hydrogen) atoms. The van der Waals surface area contributed by atoms with E-state index in [1.165, 1.54) is 18.0 Å². The van der Waals surface area contributed by atoms with Crippen molar-refractivity contribution in [3.63, 3.8) is 0 Å². The predicted molar refractivity (Wildman–Crippen MR) is 42.9 cm³/mol. The molecule has 0 aliphatic carbocycles. The van der Waals surface area contributed by atoms with E-state index in [1.807, 2.05) is 0 Å². The maximum Gasteiger partial charge on any atom is 0.160 e. The zero-order chi connectivity index (χ0) is 7.49. The van der Waals surface area contributed by atoms with E-state index in [-0.39, 0.29) is 5.88 Å². The molecule has 0 bridgehead atoms. The number of sulfone groups is 1. The van der Waals surface area contributed by atoms with Gasteiger partial charge in [0.2, 0.25) is 0 Å². The van der Waals surface area contributed by atoms with Gasteiger partial charge in [0.05, 0.1) is 0 Å². The van der Waals surface area contributed by atoms with Gasteiger partial charge in [-0.1, -0.05) is 0 Å². The van der Waals surface area contributed by atoms with Crippen LogP contribution in [0.15, 0.2) is 0 Å². The third-order valence-corrected chi connectivity index (χ3v) is 4.98. The number of hydrogen-bond donors (Lipinski definition) is 0. The summed E-state index contributed by atoms with van der Waals surface area (Å²) in [6.45, 7) is 0. The third-order valence-electron chi connectivity index (χ3n) is 0.866. The van der Waals surface area contributed by atoms with Gasteiger partial charge in [0, 0.05) is 12.1 Å². The molecule has 0 aromatic rings.